The van der Waals surface area contributed by atoms with E-state index in [1.54, 1.807) is 6.92 Å². The highest BCUT2D eigenvalue weighted by atomic mass is 32.2. The molecule has 1 aromatic rings. The number of anilines is 1. The molecule has 0 aromatic heterocycles. The average Bonchev–Trinajstić information content (AvgIpc) is 2.33. The van der Waals surface area contributed by atoms with Crippen molar-refractivity contribution in [2.75, 3.05) is 32.1 Å². The molecule has 0 spiro atoms. The minimum atomic E-state index is -3.96. The Morgan fingerprint density at radius 1 is 1.42 bits per heavy atom. The zero-order chi connectivity index (χ0) is 14.5. The summed E-state index contributed by atoms with van der Waals surface area (Å²) < 4.78 is 44.4. The number of hydrogen-bond acceptors (Lipinski definition) is 5. The first kappa shape index (κ1) is 15.8. The average molecular weight is 292 g/mol. The van der Waals surface area contributed by atoms with E-state index in [9.17, 15) is 12.8 Å². The first-order chi connectivity index (χ1) is 8.88. The van der Waals surface area contributed by atoms with E-state index in [4.69, 9.17) is 15.6 Å². The molecule has 0 fully saturated rings. The van der Waals surface area contributed by atoms with Crippen molar-refractivity contribution in [3.63, 3.8) is 0 Å². The van der Waals surface area contributed by atoms with Crippen molar-refractivity contribution in [2.45, 2.75) is 11.8 Å². The minimum Gasteiger partial charge on any atom is -0.398 e. The van der Waals surface area contributed by atoms with Gasteiger partial charge in [0.15, 0.2) is 0 Å². The van der Waals surface area contributed by atoms with Crippen LogP contribution >= 0.6 is 0 Å². The number of nitrogens with one attached hydrogen (secondary N) is 1. The quantitative estimate of drug-likeness (QED) is 0.485. The smallest absolute Gasteiger partial charge is 0.243 e. The molecule has 8 heteroatoms. The highest BCUT2D eigenvalue weighted by Gasteiger charge is 2.19. The lowest BCUT2D eigenvalue weighted by molar-refractivity contribution is 0.0961. The first-order valence-corrected chi connectivity index (χ1v) is 7.10. The highest BCUT2D eigenvalue weighted by Crippen LogP contribution is 2.21. The molecule has 0 saturated carbocycles. The van der Waals surface area contributed by atoms with Crippen LogP contribution in [0.1, 0.15) is 5.56 Å². The van der Waals surface area contributed by atoms with Crippen LogP contribution in [0.25, 0.3) is 0 Å². The molecule has 4 N–H and O–H groups in total. The molecule has 0 radical (unpaired) electrons. The number of benzene rings is 1. The lowest BCUT2D eigenvalue weighted by Gasteiger charge is -2.10. The Morgan fingerprint density at radius 2 is 2.11 bits per heavy atom. The van der Waals surface area contributed by atoms with Gasteiger partial charge in [-0.15, -0.1) is 0 Å². The molecule has 0 heterocycles. The summed E-state index contributed by atoms with van der Waals surface area (Å²) in [7, 11) is -3.96. The van der Waals surface area contributed by atoms with Gasteiger partial charge in [-0.2, -0.15) is 0 Å². The molecule has 0 amide bonds. The van der Waals surface area contributed by atoms with Crippen LogP contribution in [0.3, 0.4) is 0 Å². The van der Waals surface area contributed by atoms with Crippen LogP contribution in [-0.2, 0) is 14.8 Å². The van der Waals surface area contributed by atoms with Crippen LogP contribution in [0, 0.1) is 12.7 Å². The van der Waals surface area contributed by atoms with Crippen LogP contribution in [0.4, 0.5) is 10.1 Å². The van der Waals surface area contributed by atoms with Crippen molar-refractivity contribution >= 4 is 15.7 Å². The molecule has 108 valence electrons. The van der Waals surface area contributed by atoms with Gasteiger partial charge in [-0.25, -0.2) is 17.5 Å². The summed E-state index contributed by atoms with van der Waals surface area (Å²) in [6.45, 7) is 1.63. The molecule has 1 rings (SSSR count). The molecule has 0 atom stereocenters. The van der Waals surface area contributed by atoms with Gasteiger partial charge in [-0.3, -0.25) is 0 Å². The van der Waals surface area contributed by atoms with Gasteiger partial charge in [0.25, 0.3) is 0 Å². The van der Waals surface area contributed by atoms with Gasteiger partial charge in [-0.05, 0) is 24.6 Å². The Morgan fingerprint density at radius 3 is 2.74 bits per heavy atom. The van der Waals surface area contributed by atoms with Gasteiger partial charge in [0.2, 0.25) is 10.0 Å². The van der Waals surface area contributed by atoms with E-state index in [0.29, 0.717) is 5.56 Å². The fourth-order valence-corrected chi connectivity index (χ4v) is 2.47. The Balaban J connectivity index is 2.75. The second kappa shape index (κ2) is 6.80. The van der Waals surface area contributed by atoms with E-state index in [0.717, 1.165) is 12.1 Å². The summed E-state index contributed by atoms with van der Waals surface area (Å²) in [5.41, 5.74) is 6.25. The number of sulfonamides is 1. The van der Waals surface area contributed by atoms with Gasteiger partial charge in [0.05, 0.1) is 19.8 Å². The zero-order valence-electron chi connectivity index (χ0n) is 10.5. The Bertz CT molecular complexity index is 534. The number of aliphatic hydroxyl groups excluding tert-OH is 1. The lowest BCUT2D eigenvalue weighted by Crippen LogP contribution is -2.28. The first-order valence-electron chi connectivity index (χ1n) is 5.62. The summed E-state index contributed by atoms with van der Waals surface area (Å²) >= 11 is 0. The monoisotopic (exact) mass is 292 g/mol. The van der Waals surface area contributed by atoms with Crippen LogP contribution in [-0.4, -0.2) is 39.9 Å². The van der Waals surface area contributed by atoms with E-state index in [-0.39, 0.29) is 32.1 Å². The van der Waals surface area contributed by atoms with Gasteiger partial charge in [0, 0.05) is 12.2 Å². The third-order valence-electron chi connectivity index (χ3n) is 2.38. The van der Waals surface area contributed by atoms with Gasteiger partial charge < -0.3 is 15.6 Å². The van der Waals surface area contributed by atoms with E-state index in [2.05, 4.69) is 4.72 Å². The van der Waals surface area contributed by atoms with Crippen LogP contribution < -0.4 is 10.5 Å². The van der Waals surface area contributed by atoms with Crippen LogP contribution in [0.2, 0.25) is 0 Å². The van der Waals surface area contributed by atoms with Crippen LogP contribution in [0.5, 0.6) is 0 Å². The Labute approximate surface area is 111 Å². The SMILES string of the molecule is Cc1cc(F)c(S(=O)(=O)NCCOCCO)cc1N. The number of halogens is 1. The van der Waals surface area contributed by atoms with Crippen molar-refractivity contribution in [2.24, 2.45) is 0 Å². The number of nitrogens with two attached hydrogens (primary N) is 1. The summed E-state index contributed by atoms with van der Waals surface area (Å²) in [6, 6.07) is 2.16. The van der Waals surface area contributed by atoms with Crippen molar-refractivity contribution in [1.29, 1.82) is 0 Å². The predicted octanol–water partition coefficient (Wildman–Crippen LogP) is 0.00352. The van der Waals surface area contributed by atoms with E-state index >= 15 is 0 Å². The van der Waals surface area contributed by atoms with Gasteiger partial charge in [0.1, 0.15) is 10.7 Å². The predicted molar refractivity (Wildman–Crippen MR) is 68.6 cm³/mol. The maximum absolute atomic E-state index is 13.6. The third-order valence-corrected chi connectivity index (χ3v) is 3.86. The second-order valence-electron chi connectivity index (χ2n) is 3.87. The summed E-state index contributed by atoms with van der Waals surface area (Å²) in [6.07, 6.45) is 0. The molecule has 6 nitrogen and oxygen atoms in total. The third kappa shape index (κ3) is 4.43. The Kier molecular flexibility index (Phi) is 5.67. The molecular weight excluding hydrogens is 275 g/mol. The molecule has 0 aliphatic rings. The molecular formula is C11H17FN2O4S. The number of ether oxygens (including phenoxy) is 1. The molecule has 0 aliphatic heterocycles. The normalized spacial score (nSPS) is 11.7. The fourth-order valence-electron chi connectivity index (χ4n) is 1.37. The van der Waals surface area contributed by atoms with Gasteiger partial charge in [-0.1, -0.05) is 0 Å². The minimum absolute atomic E-state index is 0.0183. The molecule has 0 unspecified atom stereocenters. The van der Waals surface area contributed by atoms with E-state index in [1.807, 2.05) is 0 Å². The largest absolute Gasteiger partial charge is 0.398 e. The fraction of sp³-hybridized carbons (Fsp3) is 0.455. The van der Waals surface area contributed by atoms with E-state index < -0.39 is 20.7 Å². The zero-order valence-corrected chi connectivity index (χ0v) is 11.3. The molecule has 0 aliphatic carbocycles. The molecule has 0 bridgehead atoms. The molecule has 0 saturated heterocycles. The number of aryl methyl sites for hydroxylation is 1. The van der Waals surface area contributed by atoms with Crippen molar-refractivity contribution in [3.05, 3.63) is 23.5 Å². The number of nitrogen functional groups attached to an aromatic ring is 1. The summed E-state index contributed by atoms with van der Waals surface area (Å²) in [4.78, 5) is -0.488. The van der Waals surface area contributed by atoms with E-state index in [1.165, 1.54) is 0 Å². The number of hydrogen-bond donors (Lipinski definition) is 3. The van der Waals surface area contributed by atoms with Crippen molar-refractivity contribution < 1.29 is 22.7 Å². The molecule has 1 aromatic carbocycles. The van der Waals surface area contributed by atoms with Crippen molar-refractivity contribution in [3.8, 4) is 0 Å². The second-order valence-corrected chi connectivity index (χ2v) is 5.61. The maximum atomic E-state index is 13.6. The standard InChI is InChI=1S/C11H17FN2O4S/c1-8-6-9(12)11(7-10(8)13)19(16,17)14-2-4-18-5-3-15/h6-7,14-15H,2-5,13H2,1H3. The lowest BCUT2D eigenvalue weighted by atomic mass is 10.2. The maximum Gasteiger partial charge on any atom is 0.243 e. The van der Waals surface area contributed by atoms with Gasteiger partial charge >= 0.3 is 0 Å². The number of rotatable bonds is 7. The Hall–Kier alpha value is -1.22. The summed E-state index contributed by atoms with van der Waals surface area (Å²) in [5, 5.41) is 8.47. The summed E-state index contributed by atoms with van der Waals surface area (Å²) in [5.74, 6) is -0.851. The van der Waals surface area contributed by atoms with Crippen molar-refractivity contribution in [1.82, 2.24) is 4.72 Å². The van der Waals surface area contributed by atoms with Crippen LogP contribution in [0.15, 0.2) is 17.0 Å². The molecule has 19 heavy (non-hydrogen) atoms. The highest BCUT2D eigenvalue weighted by molar-refractivity contribution is 7.89. The number of aliphatic hydroxyl groups is 1. The topological polar surface area (TPSA) is 102 Å².